The molecule has 0 saturated carbocycles. The van der Waals surface area contributed by atoms with Crippen LogP contribution in [0.2, 0.25) is 0 Å². The van der Waals surface area contributed by atoms with Crippen molar-refractivity contribution in [2.45, 2.75) is 12.5 Å². The third-order valence-corrected chi connectivity index (χ3v) is 2.56. The third kappa shape index (κ3) is 4.21. The molecular formula is C11H14N4O5. The van der Waals surface area contributed by atoms with Crippen molar-refractivity contribution in [2.24, 2.45) is 11.5 Å². The molecule has 0 radical (unpaired) electrons. The zero-order valence-corrected chi connectivity index (χ0v) is 10.4. The predicted molar refractivity (Wildman–Crippen MR) is 69.1 cm³/mol. The molecule has 0 fully saturated rings. The fraction of sp³-hybridized carbons (Fsp3) is 0.273. The molecule has 5 N–H and O–H groups in total. The van der Waals surface area contributed by atoms with E-state index in [4.69, 9.17) is 16.6 Å². The summed E-state index contributed by atoms with van der Waals surface area (Å²) in [6.45, 7) is -0.248. The Hall–Kier alpha value is -2.68. The van der Waals surface area contributed by atoms with Gasteiger partial charge in [0.2, 0.25) is 0 Å². The number of nitrogens with zero attached hydrogens (tertiary/aromatic N) is 2. The second-order valence-corrected chi connectivity index (χ2v) is 4.12. The van der Waals surface area contributed by atoms with Crippen LogP contribution in [0.15, 0.2) is 24.3 Å². The van der Waals surface area contributed by atoms with Gasteiger partial charge in [-0.05, 0) is 12.0 Å². The van der Waals surface area contributed by atoms with E-state index in [1.54, 1.807) is 0 Å². The smallest absolute Gasteiger partial charge is 0.415 e. The van der Waals surface area contributed by atoms with Gasteiger partial charge >= 0.3 is 12.1 Å². The summed E-state index contributed by atoms with van der Waals surface area (Å²) >= 11 is 0. The molecule has 1 rings (SSSR count). The van der Waals surface area contributed by atoms with E-state index < -0.39 is 23.1 Å². The number of hydrogen-bond acceptors (Lipinski definition) is 5. The van der Waals surface area contributed by atoms with Crippen molar-refractivity contribution >= 4 is 17.8 Å². The molecule has 0 aromatic heterocycles. The summed E-state index contributed by atoms with van der Waals surface area (Å²) in [5, 5.41) is 19.2. The molecule has 108 valence electrons. The van der Waals surface area contributed by atoms with Gasteiger partial charge in [0.15, 0.2) is 0 Å². The lowest BCUT2D eigenvalue weighted by molar-refractivity contribution is -0.384. The molecule has 0 heterocycles. The molecule has 1 aromatic carbocycles. The second-order valence-electron chi connectivity index (χ2n) is 4.12. The van der Waals surface area contributed by atoms with Gasteiger partial charge in [-0.2, -0.15) is 0 Å². The minimum atomic E-state index is -1.48. The molecule has 3 amide bonds. The van der Waals surface area contributed by atoms with Crippen molar-refractivity contribution in [1.82, 2.24) is 4.90 Å². The second kappa shape index (κ2) is 6.48. The fourth-order valence-corrected chi connectivity index (χ4v) is 1.62. The largest absolute Gasteiger partial charge is 0.465 e. The highest BCUT2D eigenvalue weighted by molar-refractivity contribution is 5.88. The molecule has 0 saturated heterocycles. The maximum absolute atomic E-state index is 10.9. The summed E-state index contributed by atoms with van der Waals surface area (Å²) < 4.78 is 0. The van der Waals surface area contributed by atoms with Gasteiger partial charge in [-0.1, -0.05) is 12.1 Å². The normalized spacial score (nSPS) is 11.7. The van der Waals surface area contributed by atoms with Crippen LogP contribution < -0.4 is 11.5 Å². The number of nitro groups is 1. The van der Waals surface area contributed by atoms with E-state index in [1.807, 2.05) is 0 Å². The van der Waals surface area contributed by atoms with Crippen molar-refractivity contribution < 1.29 is 19.6 Å². The summed E-state index contributed by atoms with van der Waals surface area (Å²) in [7, 11) is 0. The van der Waals surface area contributed by atoms with Gasteiger partial charge in [-0.15, -0.1) is 0 Å². The Kier molecular flexibility index (Phi) is 4.98. The molecule has 0 aliphatic heterocycles. The number of primary amides is 1. The molecule has 0 aliphatic rings. The zero-order chi connectivity index (χ0) is 15.3. The summed E-state index contributed by atoms with van der Waals surface area (Å²) in [5.74, 6) is 0. The number of carbonyl (C=O) groups is 2. The number of amides is 3. The van der Waals surface area contributed by atoms with Crippen LogP contribution in [-0.2, 0) is 6.42 Å². The Bertz CT molecular complexity index is 502. The molecule has 1 atom stereocenters. The van der Waals surface area contributed by atoms with Crippen molar-refractivity contribution in [3.05, 3.63) is 39.9 Å². The van der Waals surface area contributed by atoms with Crippen molar-refractivity contribution in [2.75, 3.05) is 6.54 Å². The summed E-state index contributed by atoms with van der Waals surface area (Å²) in [6, 6.07) is 3.94. The van der Waals surface area contributed by atoms with E-state index in [9.17, 15) is 19.7 Å². The Balaban J connectivity index is 2.65. The van der Waals surface area contributed by atoms with Crippen LogP contribution in [-0.4, -0.2) is 39.6 Å². The first kappa shape index (κ1) is 15.4. The highest BCUT2D eigenvalue weighted by atomic mass is 16.6. The van der Waals surface area contributed by atoms with E-state index in [-0.39, 0.29) is 18.7 Å². The molecule has 1 aromatic rings. The number of imide groups is 1. The molecule has 0 spiro atoms. The zero-order valence-electron chi connectivity index (χ0n) is 10.4. The average Bonchev–Trinajstić information content (AvgIpc) is 2.35. The summed E-state index contributed by atoms with van der Waals surface area (Å²) in [4.78, 5) is 32.0. The SMILES string of the molecule is NC(=O)N(CC(N)Cc1ccc([N+](=O)[O-])cc1)C(=O)O. The minimum Gasteiger partial charge on any atom is -0.465 e. The summed E-state index contributed by atoms with van der Waals surface area (Å²) in [5.41, 5.74) is 11.3. The van der Waals surface area contributed by atoms with Crippen LogP contribution in [0.3, 0.4) is 0 Å². The van der Waals surface area contributed by atoms with Gasteiger partial charge in [0.25, 0.3) is 5.69 Å². The van der Waals surface area contributed by atoms with Gasteiger partial charge in [0, 0.05) is 24.7 Å². The van der Waals surface area contributed by atoms with E-state index in [2.05, 4.69) is 0 Å². The number of rotatable bonds is 5. The first-order valence-corrected chi connectivity index (χ1v) is 5.60. The van der Waals surface area contributed by atoms with Gasteiger partial charge in [0.1, 0.15) is 0 Å². The highest BCUT2D eigenvalue weighted by Gasteiger charge is 2.20. The number of urea groups is 1. The molecule has 0 bridgehead atoms. The lowest BCUT2D eigenvalue weighted by Crippen LogP contribution is -2.47. The summed E-state index contributed by atoms with van der Waals surface area (Å²) in [6.07, 6.45) is -1.22. The van der Waals surface area contributed by atoms with Crippen molar-refractivity contribution in [3.8, 4) is 0 Å². The molecule has 20 heavy (non-hydrogen) atoms. The van der Waals surface area contributed by atoms with E-state index in [0.29, 0.717) is 10.5 Å². The monoisotopic (exact) mass is 282 g/mol. The van der Waals surface area contributed by atoms with Crippen molar-refractivity contribution in [1.29, 1.82) is 0 Å². The Morgan fingerprint density at radius 3 is 2.30 bits per heavy atom. The van der Waals surface area contributed by atoms with Gasteiger partial charge in [-0.3, -0.25) is 10.1 Å². The molecule has 9 heteroatoms. The molecular weight excluding hydrogens is 268 g/mol. The van der Waals surface area contributed by atoms with Crippen LogP contribution in [0, 0.1) is 10.1 Å². The van der Waals surface area contributed by atoms with Crippen LogP contribution in [0.25, 0.3) is 0 Å². The standard InChI is InChI=1S/C11H14N4O5/c12-8(6-14(10(13)16)11(17)18)5-7-1-3-9(4-2-7)15(19)20/h1-4,8H,5-6,12H2,(H2,13,16)(H,17,18). The van der Waals surface area contributed by atoms with Crippen LogP contribution in [0.1, 0.15) is 5.56 Å². The minimum absolute atomic E-state index is 0.0494. The van der Waals surface area contributed by atoms with Gasteiger partial charge < -0.3 is 16.6 Å². The molecule has 1 unspecified atom stereocenters. The topological polar surface area (TPSA) is 153 Å². The predicted octanol–water partition coefficient (Wildman–Crippen LogP) is 0.523. The van der Waals surface area contributed by atoms with Crippen LogP contribution >= 0.6 is 0 Å². The number of hydrogen-bond donors (Lipinski definition) is 3. The van der Waals surface area contributed by atoms with E-state index in [1.165, 1.54) is 24.3 Å². The fourth-order valence-electron chi connectivity index (χ4n) is 1.62. The first-order valence-electron chi connectivity index (χ1n) is 5.60. The van der Waals surface area contributed by atoms with Gasteiger partial charge in [-0.25, -0.2) is 14.5 Å². The highest BCUT2D eigenvalue weighted by Crippen LogP contribution is 2.13. The molecule has 0 aliphatic carbocycles. The number of benzene rings is 1. The number of non-ortho nitro benzene ring substituents is 1. The van der Waals surface area contributed by atoms with Crippen LogP contribution in [0.4, 0.5) is 15.3 Å². The maximum Gasteiger partial charge on any atom is 0.415 e. The average molecular weight is 282 g/mol. The third-order valence-electron chi connectivity index (χ3n) is 2.56. The van der Waals surface area contributed by atoms with Gasteiger partial charge in [0.05, 0.1) is 4.92 Å². The number of carboxylic acid groups (broad SMARTS) is 1. The lowest BCUT2D eigenvalue weighted by atomic mass is 10.1. The Labute approximate surface area is 113 Å². The first-order chi connectivity index (χ1) is 9.31. The molecule has 9 nitrogen and oxygen atoms in total. The number of nitrogens with two attached hydrogens (primary N) is 2. The van der Waals surface area contributed by atoms with Crippen molar-refractivity contribution in [3.63, 3.8) is 0 Å². The van der Waals surface area contributed by atoms with Crippen LogP contribution in [0.5, 0.6) is 0 Å². The quantitative estimate of drug-likeness (QED) is 0.528. The lowest BCUT2D eigenvalue weighted by Gasteiger charge is -2.19. The number of carbonyl (C=O) groups excluding carboxylic acids is 1. The maximum atomic E-state index is 10.9. The van der Waals surface area contributed by atoms with E-state index >= 15 is 0 Å². The number of nitro benzene ring substituents is 1. The Morgan fingerprint density at radius 1 is 1.35 bits per heavy atom. The van der Waals surface area contributed by atoms with E-state index in [0.717, 1.165) is 0 Å². The Morgan fingerprint density at radius 2 is 1.90 bits per heavy atom.